The van der Waals surface area contributed by atoms with Crippen molar-refractivity contribution in [3.63, 3.8) is 0 Å². The number of hydrogen-bond acceptors (Lipinski definition) is 3. The monoisotopic (exact) mass is 305 g/mol. The van der Waals surface area contributed by atoms with Gasteiger partial charge in [0, 0.05) is 11.6 Å². The lowest BCUT2D eigenvalue weighted by molar-refractivity contribution is -0.287. The molecule has 0 amide bonds. The third kappa shape index (κ3) is 2.90. The van der Waals surface area contributed by atoms with Crippen LogP contribution in [0, 0.1) is 13.8 Å². The summed E-state index contributed by atoms with van der Waals surface area (Å²) in [6.45, 7) is 4.03. The number of rotatable bonds is 3. The highest BCUT2D eigenvalue weighted by atomic mass is 19.3. The second-order valence-electron chi connectivity index (χ2n) is 5.65. The molecule has 1 aliphatic heterocycles. The summed E-state index contributed by atoms with van der Waals surface area (Å²) in [5.41, 5.74) is 10.1. The molecule has 0 aromatic heterocycles. The zero-order valence-electron chi connectivity index (χ0n) is 12.4. The molecule has 0 aliphatic carbocycles. The minimum Gasteiger partial charge on any atom is -0.395 e. The van der Waals surface area contributed by atoms with Crippen LogP contribution in [0.4, 0.5) is 8.78 Å². The molecule has 116 valence electrons. The van der Waals surface area contributed by atoms with E-state index >= 15 is 0 Å². The zero-order valence-corrected chi connectivity index (χ0v) is 12.4. The fourth-order valence-electron chi connectivity index (χ4n) is 2.83. The molecule has 1 aliphatic rings. The van der Waals surface area contributed by atoms with Crippen molar-refractivity contribution in [3.8, 4) is 11.5 Å². The van der Waals surface area contributed by atoms with Crippen LogP contribution in [-0.4, -0.2) is 6.29 Å². The Labute approximate surface area is 127 Å². The standard InChI is InChI=1S/C17H17F2NO2/c1-10-6-11(2)8-12(7-10)9-14(20)13-4-3-5-15-16(13)22-17(18,19)21-15/h3-8,14H,9,20H2,1-2H3. The van der Waals surface area contributed by atoms with E-state index in [9.17, 15) is 8.78 Å². The molecule has 0 radical (unpaired) electrons. The molecular weight excluding hydrogens is 288 g/mol. The van der Waals surface area contributed by atoms with E-state index in [1.807, 2.05) is 26.0 Å². The first-order chi connectivity index (χ1) is 10.3. The van der Waals surface area contributed by atoms with Crippen molar-refractivity contribution >= 4 is 0 Å². The molecule has 3 nitrogen and oxygen atoms in total. The fraction of sp³-hybridized carbons (Fsp3) is 0.294. The highest BCUT2D eigenvalue weighted by Gasteiger charge is 2.44. The Bertz CT molecular complexity index is 696. The van der Waals surface area contributed by atoms with Crippen LogP contribution >= 0.6 is 0 Å². The van der Waals surface area contributed by atoms with E-state index < -0.39 is 12.3 Å². The zero-order chi connectivity index (χ0) is 15.9. The van der Waals surface area contributed by atoms with Crippen LogP contribution in [0.1, 0.15) is 28.3 Å². The van der Waals surface area contributed by atoms with E-state index in [1.165, 1.54) is 6.07 Å². The maximum absolute atomic E-state index is 13.2. The molecule has 2 N–H and O–H groups in total. The Morgan fingerprint density at radius 1 is 1.09 bits per heavy atom. The maximum atomic E-state index is 13.2. The van der Waals surface area contributed by atoms with Crippen LogP contribution < -0.4 is 15.2 Å². The smallest absolute Gasteiger partial charge is 0.395 e. The van der Waals surface area contributed by atoms with Crippen molar-refractivity contribution < 1.29 is 18.3 Å². The Hall–Kier alpha value is -2.14. The van der Waals surface area contributed by atoms with Gasteiger partial charge in [0.05, 0.1) is 0 Å². The first kappa shape index (κ1) is 14.8. The molecule has 0 fully saturated rings. The van der Waals surface area contributed by atoms with E-state index in [1.54, 1.807) is 12.1 Å². The van der Waals surface area contributed by atoms with Crippen LogP contribution in [0.5, 0.6) is 11.5 Å². The predicted molar refractivity (Wildman–Crippen MR) is 79.2 cm³/mol. The third-order valence-corrected chi connectivity index (χ3v) is 3.60. The summed E-state index contributed by atoms with van der Waals surface area (Å²) >= 11 is 0. The predicted octanol–water partition coefficient (Wildman–Crippen LogP) is 3.87. The Morgan fingerprint density at radius 3 is 2.45 bits per heavy atom. The summed E-state index contributed by atoms with van der Waals surface area (Å²) in [4.78, 5) is 0. The van der Waals surface area contributed by atoms with Gasteiger partial charge in [-0.2, -0.15) is 0 Å². The van der Waals surface area contributed by atoms with E-state index in [0.29, 0.717) is 12.0 Å². The molecule has 22 heavy (non-hydrogen) atoms. The van der Waals surface area contributed by atoms with Crippen molar-refractivity contribution in [1.82, 2.24) is 0 Å². The third-order valence-electron chi connectivity index (χ3n) is 3.60. The molecule has 1 unspecified atom stereocenters. The Kier molecular flexibility index (Phi) is 3.53. The highest BCUT2D eigenvalue weighted by Crippen LogP contribution is 2.45. The van der Waals surface area contributed by atoms with Crippen LogP contribution in [0.15, 0.2) is 36.4 Å². The number of fused-ring (bicyclic) bond motifs is 1. The molecule has 0 spiro atoms. The molecule has 2 aromatic carbocycles. The van der Waals surface area contributed by atoms with Crippen molar-refractivity contribution in [2.45, 2.75) is 32.6 Å². The molecule has 0 bridgehead atoms. The number of aryl methyl sites for hydroxylation is 2. The van der Waals surface area contributed by atoms with Gasteiger partial charge in [0.25, 0.3) is 0 Å². The fourth-order valence-corrected chi connectivity index (χ4v) is 2.83. The molecule has 1 heterocycles. The van der Waals surface area contributed by atoms with Gasteiger partial charge in [0.2, 0.25) is 0 Å². The average Bonchev–Trinajstić information content (AvgIpc) is 2.70. The first-order valence-electron chi connectivity index (χ1n) is 7.05. The number of nitrogens with two attached hydrogens (primary N) is 1. The van der Waals surface area contributed by atoms with Gasteiger partial charge in [-0.05, 0) is 31.9 Å². The van der Waals surface area contributed by atoms with Crippen LogP contribution in [-0.2, 0) is 6.42 Å². The van der Waals surface area contributed by atoms with E-state index in [0.717, 1.165) is 16.7 Å². The second-order valence-corrected chi connectivity index (χ2v) is 5.65. The minimum atomic E-state index is -3.63. The molecule has 0 saturated carbocycles. The van der Waals surface area contributed by atoms with Crippen molar-refractivity contribution in [2.75, 3.05) is 0 Å². The van der Waals surface area contributed by atoms with Crippen molar-refractivity contribution in [2.24, 2.45) is 5.73 Å². The van der Waals surface area contributed by atoms with Gasteiger partial charge >= 0.3 is 6.29 Å². The quantitative estimate of drug-likeness (QED) is 0.936. The summed E-state index contributed by atoms with van der Waals surface area (Å²) in [7, 11) is 0. The van der Waals surface area contributed by atoms with E-state index in [2.05, 4.69) is 15.5 Å². The van der Waals surface area contributed by atoms with Gasteiger partial charge in [-0.25, -0.2) is 0 Å². The van der Waals surface area contributed by atoms with Gasteiger partial charge in [0.15, 0.2) is 11.5 Å². The average molecular weight is 305 g/mol. The number of alkyl halides is 2. The second kappa shape index (κ2) is 5.25. The van der Waals surface area contributed by atoms with Crippen LogP contribution in [0.25, 0.3) is 0 Å². The normalized spacial score (nSPS) is 16.6. The molecule has 3 rings (SSSR count). The van der Waals surface area contributed by atoms with Gasteiger partial charge < -0.3 is 15.2 Å². The Morgan fingerprint density at radius 2 is 1.77 bits per heavy atom. The van der Waals surface area contributed by atoms with Gasteiger partial charge in [-0.15, -0.1) is 8.78 Å². The number of benzene rings is 2. The molecule has 0 saturated heterocycles. The lowest BCUT2D eigenvalue weighted by Gasteiger charge is -2.15. The maximum Gasteiger partial charge on any atom is 0.586 e. The summed E-state index contributed by atoms with van der Waals surface area (Å²) in [6.07, 6.45) is -3.09. The molecule has 2 aromatic rings. The van der Waals surface area contributed by atoms with E-state index in [-0.39, 0.29) is 11.5 Å². The molecule has 5 heteroatoms. The van der Waals surface area contributed by atoms with Gasteiger partial charge in [0.1, 0.15) is 0 Å². The highest BCUT2D eigenvalue weighted by molar-refractivity contribution is 5.50. The Balaban J connectivity index is 1.88. The van der Waals surface area contributed by atoms with E-state index in [4.69, 9.17) is 5.73 Å². The summed E-state index contributed by atoms with van der Waals surface area (Å²) in [6, 6.07) is 10.5. The van der Waals surface area contributed by atoms with Gasteiger partial charge in [-0.1, -0.05) is 41.5 Å². The molecular formula is C17H17F2NO2. The number of halogens is 2. The number of para-hydroxylation sites is 1. The van der Waals surface area contributed by atoms with Crippen molar-refractivity contribution in [3.05, 3.63) is 58.7 Å². The lowest BCUT2D eigenvalue weighted by Crippen LogP contribution is -2.26. The lowest BCUT2D eigenvalue weighted by atomic mass is 9.96. The first-order valence-corrected chi connectivity index (χ1v) is 7.05. The van der Waals surface area contributed by atoms with Gasteiger partial charge in [-0.3, -0.25) is 0 Å². The van der Waals surface area contributed by atoms with Crippen LogP contribution in [0.3, 0.4) is 0 Å². The number of ether oxygens (including phenoxy) is 2. The topological polar surface area (TPSA) is 44.5 Å². The van der Waals surface area contributed by atoms with Crippen LogP contribution in [0.2, 0.25) is 0 Å². The summed E-state index contributed by atoms with van der Waals surface area (Å²) < 4.78 is 35.5. The number of hydrogen-bond donors (Lipinski definition) is 1. The summed E-state index contributed by atoms with van der Waals surface area (Å²) in [5, 5.41) is 0. The summed E-state index contributed by atoms with van der Waals surface area (Å²) in [5.74, 6) is 0.0581. The van der Waals surface area contributed by atoms with Crippen molar-refractivity contribution in [1.29, 1.82) is 0 Å². The minimum absolute atomic E-state index is 0.0263. The molecule has 1 atom stereocenters. The SMILES string of the molecule is Cc1cc(C)cc(CC(N)c2cccc3c2OC(F)(F)O3)c1. The largest absolute Gasteiger partial charge is 0.586 e.